The van der Waals surface area contributed by atoms with Crippen LogP contribution in [0.5, 0.6) is 0 Å². The Hall–Kier alpha value is -0.770. The van der Waals surface area contributed by atoms with Crippen molar-refractivity contribution in [1.82, 2.24) is 10.2 Å². The van der Waals surface area contributed by atoms with Crippen LogP contribution >= 0.6 is 23.2 Å². The molecular weight excluding hydrogens is 331 g/mol. The molecular formula is C18H24Cl2N2O. The maximum absolute atomic E-state index is 12.2. The second-order valence-electron chi connectivity index (χ2n) is 7.30. The van der Waals surface area contributed by atoms with E-state index in [1.54, 1.807) is 18.2 Å². The van der Waals surface area contributed by atoms with Gasteiger partial charge >= 0.3 is 0 Å². The number of carbonyl (C=O) groups excluding carboxylic acids is 1. The third kappa shape index (κ3) is 4.20. The fourth-order valence-corrected chi connectivity index (χ4v) is 4.19. The highest BCUT2D eigenvalue weighted by molar-refractivity contribution is 6.35. The third-order valence-corrected chi connectivity index (χ3v) is 5.53. The normalized spacial score (nSPS) is 26.4. The first-order chi connectivity index (χ1) is 10.9. The van der Waals surface area contributed by atoms with Crippen molar-refractivity contribution < 1.29 is 4.79 Å². The summed E-state index contributed by atoms with van der Waals surface area (Å²) in [5.41, 5.74) is 0.534. The van der Waals surface area contributed by atoms with Gasteiger partial charge in [-0.3, -0.25) is 4.79 Å². The third-order valence-electron chi connectivity index (χ3n) is 5.09. The number of hydrogen-bond donors (Lipinski definition) is 1. The van der Waals surface area contributed by atoms with Gasteiger partial charge < -0.3 is 10.2 Å². The first-order valence-corrected chi connectivity index (χ1v) is 9.16. The molecule has 2 fully saturated rings. The number of rotatable bonds is 6. The molecule has 2 aliphatic rings. The molecule has 1 aromatic carbocycles. The lowest BCUT2D eigenvalue weighted by Crippen LogP contribution is -2.31. The molecule has 1 saturated carbocycles. The molecule has 23 heavy (non-hydrogen) atoms. The van der Waals surface area contributed by atoms with Crippen molar-refractivity contribution in [2.75, 3.05) is 26.2 Å². The Bertz CT molecular complexity index is 558. The predicted octanol–water partition coefficient (Wildman–Crippen LogP) is 3.95. The molecule has 1 N–H and O–H groups in total. The Morgan fingerprint density at radius 2 is 1.83 bits per heavy atom. The molecule has 1 unspecified atom stereocenters. The van der Waals surface area contributed by atoms with E-state index in [-0.39, 0.29) is 5.91 Å². The molecule has 1 saturated heterocycles. The first kappa shape index (κ1) is 17.1. The van der Waals surface area contributed by atoms with Crippen LogP contribution in [0.25, 0.3) is 0 Å². The molecule has 1 heterocycles. The Kier molecular flexibility index (Phi) is 5.19. The molecule has 0 aromatic heterocycles. The van der Waals surface area contributed by atoms with Gasteiger partial charge in [-0.25, -0.2) is 0 Å². The summed E-state index contributed by atoms with van der Waals surface area (Å²) in [4.78, 5) is 14.8. The van der Waals surface area contributed by atoms with E-state index in [0.29, 0.717) is 21.5 Å². The maximum atomic E-state index is 12.2. The van der Waals surface area contributed by atoms with Crippen LogP contribution in [0.1, 0.15) is 30.6 Å². The summed E-state index contributed by atoms with van der Waals surface area (Å²) >= 11 is 11.9. The van der Waals surface area contributed by atoms with Crippen molar-refractivity contribution in [3.8, 4) is 0 Å². The van der Waals surface area contributed by atoms with E-state index in [9.17, 15) is 4.79 Å². The number of carbonyl (C=O) groups is 1. The van der Waals surface area contributed by atoms with Crippen molar-refractivity contribution in [2.45, 2.75) is 20.3 Å². The van der Waals surface area contributed by atoms with Gasteiger partial charge in [-0.2, -0.15) is 0 Å². The standard InChI is InChI=1S/C18H24Cl2N2O/c1-11(2)3-4-22-9-16-15(17(16)10-22)8-21-18(23)12-5-13(19)7-14(20)6-12/h5-7,11,15-17H,3-4,8-10H2,1-2H3,(H,21,23)/t15?,16-,17+. The Labute approximate surface area is 148 Å². The van der Waals surface area contributed by atoms with Gasteiger partial charge in [-0.15, -0.1) is 0 Å². The van der Waals surface area contributed by atoms with Crippen LogP contribution < -0.4 is 5.32 Å². The SMILES string of the molecule is CC(C)CCN1C[C@@H]2C(CNC(=O)c3cc(Cl)cc(Cl)c3)[C@@H]2C1. The summed E-state index contributed by atoms with van der Waals surface area (Å²) in [7, 11) is 0. The molecule has 3 nitrogen and oxygen atoms in total. The van der Waals surface area contributed by atoms with Gasteiger partial charge in [0.2, 0.25) is 0 Å². The molecule has 1 aliphatic carbocycles. The second kappa shape index (κ2) is 7.00. The number of piperidine rings is 1. The van der Waals surface area contributed by atoms with E-state index in [4.69, 9.17) is 23.2 Å². The van der Waals surface area contributed by atoms with Gasteiger partial charge in [-0.05, 0) is 54.8 Å². The van der Waals surface area contributed by atoms with Crippen molar-refractivity contribution in [1.29, 1.82) is 0 Å². The molecule has 0 radical (unpaired) electrons. The zero-order chi connectivity index (χ0) is 16.6. The quantitative estimate of drug-likeness (QED) is 0.838. The largest absolute Gasteiger partial charge is 0.352 e. The topological polar surface area (TPSA) is 32.3 Å². The maximum Gasteiger partial charge on any atom is 0.251 e. The predicted molar refractivity (Wildman–Crippen MR) is 95.2 cm³/mol. The number of likely N-dealkylation sites (tertiary alicyclic amines) is 1. The number of hydrogen-bond acceptors (Lipinski definition) is 2. The Morgan fingerprint density at radius 3 is 2.39 bits per heavy atom. The van der Waals surface area contributed by atoms with E-state index in [2.05, 4.69) is 24.1 Å². The fraction of sp³-hybridized carbons (Fsp3) is 0.611. The van der Waals surface area contributed by atoms with Crippen LogP contribution in [0.2, 0.25) is 10.0 Å². The average Bonchev–Trinajstić information content (AvgIpc) is 2.92. The minimum atomic E-state index is -0.0870. The minimum absolute atomic E-state index is 0.0870. The molecule has 0 spiro atoms. The fourth-order valence-electron chi connectivity index (χ4n) is 3.66. The number of amides is 1. The summed E-state index contributed by atoms with van der Waals surface area (Å²) < 4.78 is 0. The van der Waals surface area contributed by atoms with Crippen LogP contribution in [0, 0.1) is 23.7 Å². The lowest BCUT2D eigenvalue weighted by Gasteiger charge is -2.20. The second-order valence-corrected chi connectivity index (χ2v) is 8.17. The molecule has 1 aliphatic heterocycles. The lowest BCUT2D eigenvalue weighted by atomic mass is 10.1. The summed E-state index contributed by atoms with van der Waals surface area (Å²) in [6.45, 7) is 8.91. The average molecular weight is 355 g/mol. The molecule has 0 bridgehead atoms. The molecule has 126 valence electrons. The van der Waals surface area contributed by atoms with E-state index in [1.165, 1.54) is 26.1 Å². The van der Waals surface area contributed by atoms with Crippen LogP contribution in [0.3, 0.4) is 0 Å². The molecule has 1 amide bonds. The van der Waals surface area contributed by atoms with Gasteiger partial charge in [0.05, 0.1) is 0 Å². The molecule has 3 rings (SSSR count). The first-order valence-electron chi connectivity index (χ1n) is 8.40. The number of halogens is 2. The number of benzene rings is 1. The Morgan fingerprint density at radius 1 is 1.22 bits per heavy atom. The molecule has 5 heteroatoms. The highest BCUT2D eigenvalue weighted by Crippen LogP contribution is 2.51. The highest BCUT2D eigenvalue weighted by atomic mass is 35.5. The minimum Gasteiger partial charge on any atom is -0.352 e. The van der Waals surface area contributed by atoms with E-state index < -0.39 is 0 Å². The highest BCUT2D eigenvalue weighted by Gasteiger charge is 2.54. The monoisotopic (exact) mass is 354 g/mol. The van der Waals surface area contributed by atoms with Gasteiger partial charge in [0.25, 0.3) is 5.91 Å². The summed E-state index contributed by atoms with van der Waals surface area (Å²) in [5, 5.41) is 4.02. The van der Waals surface area contributed by atoms with Crippen LogP contribution in [-0.4, -0.2) is 37.0 Å². The number of fused-ring (bicyclic) bond motifs is 1. The number of nitrogens with zero attached hydrogens (tertiary/aromatic N) is 1. The zero-order valence-corrected chi connectivity index (χ0v) is 15.2. The smallest absolute Gasteiger partial charge is 0.251 e. The van der Waals surface area contributed by atoms with Crippen LogP contribution in [-0.2, 0) is 0 Å². The molecule has 3 atom stereocenters. The van der Waals surface area contributed by atoms with Gasteiger partial charge in [0.15, 0.2) is 0 Å². The summed E-state index contributed by atoms with van der Waals surface area (Å²) in [6, 6.07) is 4.95. The van der Waals surface area contributed by atoms with Gasteiger partial charge in [0.1, 0.15) is 0 Å². The summed E-state index contributed by atoms with van der Waals surface area (Å²) in [6.07, 6.45) is 1.27. The van der Waals surface area contributed by atoms with E-state index in [1.807, 2.05) is 0 Å². The van der Waals surface area contributed by atoms with Crippen LogP contribution in [0.4, 0.5) is 0 Å². The van der Waals surface area contributed by atoms with Crippen molar-refractivity contribution in [2.24, 2.45) is 23.7 Å². The Balaban J connectivity index is 1.42. The van der Waals surface area contributed by atoms with Gasteiger partial charge in [-0.1, -0.05) is 37.0 Å². The zero-order valence-electron chi connectivity index (χ0n) is 13.7. The van der Waals surface area contributed by atoms with Crippen LogP contribution in [0.15, 0.2) is 18.2 Å². The lowest BCUT2D eigenvalue weighted by molar-refractivity contribution is 0.0949. The van der Waals surface area contributed by atoms with E-state index in [0.717, 1.165) is 24.3 Å². The summed E-state index contributed by atoms with van der Waals surface area (Å²) in [5.74, 6) is 2.86. The molecule has 1 aromatic rings. The van der Waals surface area contributed by atoms with Crippen molar-refractivity contribution in [3.05, 3.63) is 33.8 Å². The van der Waals surface area contributed by atoms with Crippen molar-refractivity contribution >= 4 is 29.1 Å². The van der Waals surface area contributed by atoms with E-state index >= 15 is 0 Å². The number of nitrogens with one attached hydrogen (secondary N) is 1. The van der Waals surface area contributed by atoms with Crippen molar-refractivity contribution in [3.63, 3.8) is 0 Å². The van der Waals surface area contributed by atoms with Gasteiger partial charge in [0, 0.05) is 35.2 Å².